The maximum absolute atomic E-state index is 13.1. The van der Waals surface area contributed by atoms with Gasteiger partial charge in [0.05, 0.1) is 5.75 Å². The van der Waals surface area contributed by atoms with E-state index in [0.717, 1.165) is 0 Å². The second-order valence-electron chi connectivity index (χ2n) is 3.24. The molecule has 64 valence electrons. The molecule has 0 aromatic heterocycles. The molecule has 0 saturated carbocycles. The first-order valence-electron chi connectivity index (χ1n) is 3.66. The minimum absolute atomic E-state index is 0.0237. The van der Waals surface area contributed by atoms with Gasteiger partial charge in [0.25, 0.3) is 0 Å². The largest absolute Gasteiger partial charge is 0.313 e. The van der Waals surface area contributed by atoms with Crippen LogP contribution in [0.5, 0.6) is 0 Å². The fraction of sp³-hybridized carbons (Fsp3) is 1.00. The molecule has 1 spiro atoms. The summed E-state index contributed by atoms with van der Waals surface area (Å²) >= 11 is 0. The maximum atomic E-state index is 13.1. The van der Waals surface area contributed by atoms with Gasteiger partial charge in [-0.1, -0.05) is 0 Å². The highest BCUT2D eigenvalue weighted by atomic mass is 32.2. The molecule has 0 aliphatic carbocycles. The predicted octanol–water partition coefficient (Wildman–Crippen LogP) is -0.515. The van der Waals surface area contributed by atoms with E-state index < -0.39 is 20.8 Å². The van der Waals surface area contributed by atoms with Crippen LogP contribution in [0.3, 0.4) is 0 Å². The first-order chi connectivity index (χ1) is 5.08. The Morgan fingerprint density at radius 1 is 1.45 bits per heavy atom. The number of rotatable bonds is 0. The summed E-state index contributed by atoms with van der Waals surface area (Å²) in [5.74, 6) is 0.0237. The van der Waals surface area contributed by atoms with Crippen LogP contribution in [0, 0.1) is 0 Å². The standard InChI is InChI=1S/C6H10FNO2S/c7-5-1-2-11(9,10)6(5)3-8-4-6/h5,8H,1-4H2. The van der Waals surface area contributed by atoms with Crippen LogP contribution in [-0.4, -0.2) is 38.2 Å². The summed E-state index contributed by atoms with van der Waals surface area (Å²) in [5.41, 5.74) is 0. The van der Waals surface area contributed by atoms with Crippen LogP contribution in [-0.2, 0) is 9.84 Å². The van der Waals surface area contributed by atoms with Crippen molar-refractivity contribution in [1.82, 2.24) is 5.32 Å². The quantitative estimate of drug-likeness (QED) is 0.544. The van der Waals surface area contributed by atoms with Gasteiger partial charge in [0.15, 0.2) is 9.84 Å². The van der Waals surface area contributed by atoms with Gasteiger partial charge in [-0.05, 0) is 6.42 Å². The molecule has 3 nitrogen and oxygen atoms in total. The van der Waals surface area contributed by atoms with E-state index in [2.05, 4.69) is 5.32 Å². The van der Waals surface area contributed by atoms with Gasteiger partial charge in [0.2, 0.25) is 0 Å². The van der Waals surface area contributed by atoms with E-state index in [1.807, 2.05) is 0 Å². The van der Waals surface area contributed by atoms with E-state index in [-0.39, 0.29) is 12.2 Å². The minimum atomic E-state index is -3.14. The first-order valence-corrected chi connectivity index (χ1v) is 5.31. The molecule has 1 N–H and O–H groups in total. The molecule has 2 aliphatic heterocycles. The van der Waals surface area contributed by atoms with Gasteiger partial charge in [0.1, 0.15) is 10.9 Å². The van der Waals surface area contributed by atoms with Gasteiger partial charge in [-0.25, -0.2) is 12.8 Å². The zero-order valence-electron chi connectivity index (χ0n) is 6.01. The van der Waals surface area contributed by atoms with Crippen molar-refractivity contribution in [3.63, 3.8) is 0 Å². The van der Waals surface area contributed by atoms with Crippen LogP contribution in [0.15, 0.2) is 0 Å². The van der Waals surface area contributed by atoms with Crippen LogP contribution in [0.2, 0.25) is 0 Å². The highest BCUT2D eigenvalue weighted by Gasteiger charge is 2.59. The lowest BCUT2D eigenvalue weighted by molar-refractivity contribution is 0.203. The summed E-state index contributed by atoms with van der Waals surface area (Å²) in [7, 11) is -3.14. The summed E-state index contributed by atoms with van der Waals surface area (Å²) in [6, 6.07) is 0. The minimum Gasteiger partial charge on any atom is -0.313 e. The van der Waals surface area contributed by atoms with Crippen molar-refractivity contribution in [2.24, 2.45) is 0 Å². The molecule has 11 heavy (non-hydrogen) atoms. The lowest BCUT2D eigenvalue weighted by Crippen LogP contribution is -2.66. The Labute approximate surface area is 64.9 Å². The Morgan fingerprint density at radius 2 is 2.09 bits per heavy atom. The third-order valence-electron chi connectivity index (χ3n) is 2.68. The summed E-state index contributed by atoms with van der Waals surface area (Å²) in [4.78, 5) is 0. The highest BCUT2D eigenvalue weighted by molar-refractivity contribution is 7.93. The molecular weight excluding hydrogens is 169 g/mol. The van der Waals surface area contributed by atoms with E-state index in [0.29, 0.717) is 13.1 Å². The van der Waals surface area contributed by atoms with Gasteiger partial charge >= 0.3 is 0 Å². The van der Waals surface area contributed by atoms with Crippen molar-refractivity contribution >= 4 is 9.84 Å². The smallest absolute Gasteiger partial charge is 0.161 e. The average Bonchev–Trinajstić information content (AvgIpc) is 2.01. The van der Waals surface area contributed by atoms with Crippen LogP contribution in [0.1, 0.15) is 6.42 Å². The van der Waals surface area contributed by atoms with Crippen molar-refractivity contribution in [1.29, 1.82) is 0 Å². The van der Waals surface area contributed by atoms with Crippen molar-refractivity contribution in [3.8, 4) is 0 Å². The van der Waals surface area contributed by atoms with E-state index >= 15 is 0 Å². The molecule has 5 heteroatoms. The fourth-order valence-electron chi connectivity index (χ4n) is 1.73. The molecule has 0 aromatic carbocycles. The average molecular weight is 179 g/mol. The van der Waals surface area contributed by atoms with Gasteiger partial charge in [-0.15, -0.1) is 0 Å². The second-order valence-corrected chi connectivity index (χ2v) is 5.69. The molecular formula is C6H10FNO2S. The van der Waals surface area contributed by atoms with E-state index in [1.54, 1.807) is 0 Å². The number of alkyl halides is 1. The summed E-state index contributed by atoms with van der Waals surface area (Å²) in [5, 5.41) is 2.81. The molecule has 2 heterocycles. The number of halogens is 1. The summed E-state index contributed by atoms with van der Waals surface area (Å²) < 4.78 is 34.7. The van der Waals surface area contributed by atoms with Gasteiger partial charge in [-0.3, -0.25) is 0 Å². The zero-order valence-corrected chi connectivity index (χ0v) is 6.82. The van der Waals surface area contributed by atoms with E-state index in [9.17, 15) is 12.8 Å². The third kappa shape index (κ3) is 0.727. The van der Waals surface area contributed by atoms with Gasteiger partial charge < -0.3 is 5.32 Å². The molecule has 2 fully saturated rings. The third-order valence-corrected chi connectivity index (χ3v) is 5.24. The molecule has 2 saturated heterocycles. The highest BCUT2D eigenvalue weighted by Crippen LogP contribution is 2.37. The van der Waals surface area contributed by atoms with Crippen molar-refractivity contribution in [2.75, 3.05) is 18.8 Å². The van der Waals surface area contributed by atoms with Gasteiger partial charge in [0, 0.05) is 13.1 Å². The Bertz CT molecular complexity index is 270. The van der Waals surface area contributed by atoms with E-state index in [4.69, 9.17) is 0 Å². The second kappa shape index (κ2) is 1.95. The monoisotopic (exact) mass is 179 g/mol. The molecule has 0 bridgehead atoms. The van der Waals surface area contributed by atoms with Crippen molar-refractivity contribution in [2.45, 2.75) is 17.3 Å². The summed E-state index contributed by atoms with van der Waals surface area (Å²) in [6.07, 6.45) is -0.960. The molecule has 2 aliphatic rings. The SMILES string of the molecule is O=S1(=O)CCC(F)C12CNC2. The first kappa shape index (κ1) is 7.49. The van der Waals surface area contributed by atoms with Crippen LogP contribution in [0.25, 0.3) is 0 Å². The zero-order chi connectivity index (χ0) is 8.11. The Morgan fingerprint density at radius 3 is 2.27 bits per heavy atom. The number of nitrogens with one attached hydrogen (secondary N) is 1. The Hall–Kier alpha value is -0.160. The normalized spacial score (nSPS) is 38.8. The molecule has 2 rings (SSSR count). The molecule has 1 unspecified atom stereocenters. The number of sulfone groups is 1. The molecule has 0 aromatic rings. The van der Waals surface area contributed by atoms with Crippen LogP contribution >= 0.6 is 0 Å². The molecule has 0 amide bonds. The fourth-order valence-corrected chi connectivity index (χ4v) is 3.81. The Balaban J connectivity index is 2.41. The molecule has 0 radical (unpaired) electrons. The maximum Gasteiger partial charge on any atom is 0.161 e. The Kier molecular flexibility index (Phi) is 1.33. The number of hydrogen-bond donors (Lipinski definition) is 1. The van der Waals surface area contributed by atoms with Crippen LogP contribution < -0.4 is 5.32 Å². The summed E-state index contributed by atoms with van der Waals surface area (Å²) in [6.45, 7) is 0.604. The van der Waals surface area contributed by atoms with Crippen LogP contribution in [0.4, 0.5) is 4.39 Å². The lowest BCUT2D eigenvalue weighted by Gasteiger charge is -2.39. The van der Waals surface area contributed by atoms with Gasteiger partial charge in [-0.2, -0.15) is 0 Å². The lowest BCUT2D eigenvalue weighted by atomic mass is 9.95. The van der Waals surface area contributed by atoms with Crippen molar-refractivity contribution in [3.05, 3.63) is 0 Å². The van der Waals surface area contributed by atoms with E-state index in [1.165, 1.54) is 0 Å². The molecule has 1 atom stereocenters. The predicted molar refractivity (Wildman–Crippen MR) is 38.9 cm³/mol. The van der Waals surface area contributed by atoms with Crippen molar-refractivity contribution < 1.29 is 12.8 Å². The number of hydrogen-bond acceptors (Lipinski definition) is 3. The topological polar surface area (TPSA) is 46.2 Å².